The van der Waals surface area contributed by atoms with Crippen molar-refractivity contribution in [2.75, 3.05) is 17.2 Å². The monoisotopic (exact) mass is 287 g/mol. The highest BCUT2D eigenvalue weighted by atomic mass is 16.6. The normalized spacial score (nSPS) is 10.3. The van der Waals surface area contributed by atoms with Crippen molar-refractivity contribution in [3.05, 3.63) is 46.6 Å². The summed E-state index contributed by atoms with van der Waals surface area (Å²) >= 11 is 0. The van der Waals surface area contributed by atoms with E-state index in [0.717, 1.165) is 24.7 Å². The first kappa shape index (κ1) is 14.7. The van der Waals surface area contributed by atoms with Gasteiger partial charge in [-0.2, -0.15) is 4.98 Å². The van der Waals surface area contributed by atoms with E-state index in [9.17, 15) is 10.1 Å². The van der Waals surface area contributed by atoms with E-state index in [1.165, 1.54) is 0 Å². The van der Waals surface area contributed by atoms with Crippen LogP contribution in [0.5, 0.6) is 0 Å². The lowest BCUT2D eigenvalue weighted by Crippen LogP contribution is -2.21. The van der Waals surface area contributed by atoms with Crippen LogP contribution in [0.2, 0.25) is 0 Å². The number of hydrogen-bond acceptors (Lipinski definition) is 6. The Hall–Kier alpha value is -2.70. The molecule has 2 N–H and O–H groups in total. The fraction of sp³-hybridized carbons (Fsp3) is 0.286. The maximum absolute atomic E-state index is 11.2. The lowest BCUT2D eigenvalue weighted by molar-refractivity contribution is -0.384. The molecule has 7 heteroatoms. The summed E-state index contributed by atoms with van der Waals surface area (Å²) in [5.41, 5.74) is 6.29. The molecule has 1 aromatic heterocycles. The number of rotatable bonds is 6. The number of hydrogen-bond donors (Lipinski definition) is 1. The lowest BCUT2D eigenvalue weighted by Gasteiger charge is -2.23. The summed E-state index contributed by atoms with van der Waals surface area (Å²) in [6.45, 7) is 2.68. The first-order valence-corrected chi connectivity index (χ1v) is 6.73. The Morgan fingerprint density at radius 2 is 2.05 bits per heavy atom. The van der Waals surface area contributed by atoms with Crippen molar-refractivity contribution >= 4 is 23.1 Å². The van der Waals surface area contributed by atoms with Crippen LogP contribution >= 0.6 is 0 Å². The molecule has 1 heterocycles. The summed E-state index contributed by atoms with van der Waals surface area (Å²) in [6, 6.07) is 9.43. The van der Waals surface area contributed by atoms with Crippen molar-refractivity contribution in [3.8, 4) is 0 Å². The minimum Gasteiger partial charge on any atom is -0.368 e. The van der Waals surface area contributed by atoms with E-state index in [1.54, 1.807) is 4.90 Å². The average molecular weight is 287 g/mol. The van der Waals surface area contributed by atoms with Gasteiger partial charge < -0.3 is 10.6 Å². The molecule has 1 aromatic carbocycles. The molecule has 7 nitrogen and oxygen atoms in total. The largest absolute Gasteiger partial charge is 0.368 e. The zero-order valence-electron chi connectivity index (χ0n) is 11.8. The third-order valence-corrected chi connectivity index (χ3v) is 3.02. The van der Waals surface area contributed by atoms with Crippen LogP contribution in [-0.2, 0) is 0 Å². The summed E-state index contributed by atoms with van der Waals surface area (Å²) in [5.74, 6) is 0.250. The van der Waals surface area contributed by atoms with Gasteiger partial charge in [0.2, 0.25) is 11.8 Å². The number of para-hydroxylation sites is 1. The second-order valence-electron chi connectivity index (χ2n) is 4.53. The Balaban J connectivity index is 2.50. The van der Waals surface area contributed by atoms with Gasteiger partial charge in [-0.15, -0.1) is 0 Å². The molecule has 0 spiro atoms. The van der Waals surface area contributed by atoms with E-state index in [-0.39, 0.29) is 17.5 Å². The van der Waals surface area contributed by atoms with Crippen LogP contribution < -0.4 is 10.6 Å². The number of nitrogens with zero attached hydrogens (tertiary/aromatic N) is 4. The molecule has 0 unspecified atom stereocenters. The third kappa shape index (κ3) is 3.44. The quantitative estimate of drug-likeness (QED) is 0.648. The minimum atomic E-state index is -0.489. The van der Waals surface area contributed by atoms with E-state index in [0.29, 0.717) is 6.54 Å². The Bertz CT molecular complexity index is 618. The third-order valence-electron chi connectivity index (χ3n) is 3.02. The van der Waals surface area contributed by atoms with Crippen molar-refractivity contribution in [1.29, 1.82) is 0 Å². The molecule has 0 aliphatic heterocycles. The molecule has 2 aromatic rings. The van der Waals surface area contributed by atoms with Gasteiger partial charge in [-0.05, 0) is 18.6 Å². The molecule has 0 bridgehead atoms. The highest BCUT2D eigenvalue weighted by Crippen LogP contribution is 2.31. The number of nitrogen functional groups attached to an aromatic ring is 1. The number of nitrogens with two attached hydrogens (primary N) is 1. The Labute approximate surface area is 122 Å². The summed E-state index contributed by atoms with van der Waals surface area (Å²) in [4.78, 5) is 20.3. The van der Waals surface area contributed by atoms with Gasteiger partial charge in [0.25, 0.3) is 0 Å². The maximum atomic E-state index is 11.2. The summed E-state index contributed by atoms with van der Waals surface area (Å²) in [6.07, 6.45) is 3.01. The van der Waals surface area contributed by atoms with Gasteiger partial charge in [0.15, 0.2) is 0 Å². The Kier molecular flexibility index (Phi) is 4.65. The van der Waals surface area contributed by atoms with Gasteiger partial charge in [-0.1, -0.05) is 31.5 Å². The smallest absolute Gasteiger partial charge is 0.330 e. The van der Waals surface area contributed by atoms with Crippen molar-refractivity contribution in [2.24, 2.45) is 0 Å². The molecular weight excluding hydrogens is 270 g/mol. The van der Waals surface area contributed by atoms with Crippen molar-refractivity contribution < 1.29 is 4.92 Å². The Morgan fingerprint density at radius 1 is 1.33 bits per heavy atom. The molecule has 0 aliphatic carbocycles. The number of nitro groups is 1. The standard InChI is InChI=1S/C14H17N5O2/c1-2-3-9-18(11-7-5-4-6-8-11)13-12(19(20)21)10-16-14(15)17-13/h4-8,10H,2-3,9H2,1H3,(H2,15,16,17). The highest BCUT2D eigenvalue weighted by molar-refractivity contribution is 5.68. The van der Waals surface area contributed by atoms with Gasteiger partial charge in [-0.25, -0.2) is 4.98 Å². The molecule has 0 radical (unpaired) electrons. The second kappa shape index (κ2) is 6.65. The number of benzene rings is 1. The zero-order valence-corrected chi connectivity index (χ0v) is 11.8. The Morgan fingerprint density at radius 3 is 2.67 bits per heavy atom. The molecule has 0 amide bonds. The average Bonchev–Trinajstić information content (AvgIpc) is 2.48. The van der Waals surface area contributed by atoms with Crippen molar-refractivity contribution in [1.82, 2.24) is 9.97 Å². The molecule has 0 saturated carbocycles. The fourth-order valence-electron chi connectivity index (χ4n) is 1.99. The number of unbranched alkanes of at least 4 members (excludes halogenated alkanes) is 1. The lowest BCUT2D eigenvalue weighted by atomic mass is 10.2. The van der Waals surface area contributed by atoms with Gasteiger partial charge >= 0.3 is 5.69 Å². The van der Waals surface area contributed by atoms with Crippen molar-refractivity contribution in [3.63, 3.8) is 0 Å². The van der Waals surface area contributed by atoms with Crippen LogP contribution in [0.1, 0.15) is 19.8 Å². The fourth-order valence-corrected chi connectivity index (χ4v) is 1.99. The van der Waals surface area contributed by atoms with Gasteiger partial charge in [0, 0.05) is 12.2 Å². The minimum absolute atomic E-state index is 0.0213. The zero-order chi connectivity index (χ0) is 15.2. The van der Waals surface area contributed by atoms with E-state index in [4.69, 9.17) is 5.73 Å². The first-order valence-electron chi connectivity index (χ1n) is 6.73. The SMILES string of the molecule is CCCCN(c1ccccc1)c1nc(N)ncc1[N+](=O)[O-]. The van der Waals surface area contributed by atoms with Crippen LogP contribution in [0.4, 0.5) is 23.1 Å². The molecule has 0 fully saturated rings. The van der Waals surface area contributed by atoms with E-state index in [2.05, 4.69) is 16.9 Å². The topological polar surface area (TPSA) is 98.2 Å². The molecule has 21 heavy (non-hydrogen) atoms. The molecule has 2 rings (SSSR count). The maximum Gasteiger partial charge on any atom is 0.330 e. The summed E-state index contributed by atoms with van der Waals surface area (Å²) < 4.78 is 0. The molecule has 0 saturated heterocycles. The molecular formula is C14H17N5O2. The van der Waals surface area contributed by atoms with Gasteiger partial charge in [0.05, 0.1) is 4.92 Å². The first-order chi connectivity index (χ1) is 10.1. The van der Waals surface area contributed by atoms with Crippen LogP contribution in [0.25, 0.3) is 0 Å². The summed E-state index contributed by atoms with van der Waals surface area (Å²) in [7, 11) is 0. The molecule has 0 aliphatic rings. The van der Waals surface area contributed by atoms with Crippen LogP contribution in [0, 0.1) is 10.1 Å². The highest BCUT2D eigenvalue weighted by Gasteiger charge is 2.23. The van der Waals surface area contributed by atoms with Gasteiger partial charge in [0.1, 0.15) is 6.20 Å². The van der Waals surface area contributed by atoms with Crippen LogP contribution in [0.3, 0.4) is 0 Å². The predicted molar refractivity (Wildman–Crippen MR) is 81.5 cm³/mol. The second-order valence-corrected chi connectivity index (χ2v) is 4.53. The molecule has 110 valence electrons. The van der Waals surface area contributed by atoms with E-state index < -0.39 is 4.92 Å². The van der Waals surface area contributed by atoms with Crippen molar-refractivity contribution in [2.45, 2.75) is 19.8 Å². The number of aromatic nitrogens is 2. The molecule has 0 atom stereocenters. The number of anilines is 3. The van der Waals surface area contributed by atoms with Crippen LogP contribution in [-0.4, -0.2) is 21.4 Å². The van der Waals surface area contributed by atoms with E-state index >= 15 is 0 Å². The van der Waals surface area contributed by atoms with Crippen LogP contribution in [0.15, 0.2) is 36.5 Å². The predicted octanol–water partition coefficient (Wildman–Crippen LogP) is 2.91. The van der Waals surface area contributed by atoms with Gasteiger partial charge in [-0.3, -0.25) is 10.1 Å². The summed E-state index contributed by atoms with van der Waals surface area (Å²) in [5, 5.41) is 11.2. The van der Waals surface area contributed by atoms with E-state index in [1.807, 2.05) is 30.3 Å².